The van der Waals surface area contributed by atoms with Gasteiger partial charge in [0.2, 0.25) is 0 Å². The lowest BCUT2D eigenvalue weighted by Crippen LogP contribution is -2.36. The van der Waals surface area contributed by atoms with E-state index in [1.807, 2.05) is 18.2 Å². The Labute approximate surface area is 96.7 Å². The van der Waals surface area contributed by atoms with Crippen molar-refractivity contribution in [2.24, 2.45) is 5.92 Å². The lowest BCUT2D eigenvalue weighted by molar-refractivity contribution is 0.210. The third-order valence-electron chi connectivity index (χ3n) is 2.63. The molecule has 3 heteroatoms. The lowest BCUT2D eigenvalue weighted by Gasteiger charge is -2.19. The van der Waals surface area contributed by atoms with Crippen molar-refractivity contribution in [3.8, 4) is 6.07 Å². The normalized spacial score (nSPS) is 12.4. The van der Waals surface area contributed by atoms with E-state index >= 15 is 0 Å². The van der Waals surface area contributed by atoms with Gasteiger partial charge in [-0.25, -0.2) is 0 Å². The minimum absolute atomic E-state index is 0.103. The van der Waals surface area contributed by atoms with Gasteiger partial charge >= 0.3 is 0 Å². The molecule has 86 valence electrons. The van der Waals surface area contributed by atoms with Crippen LogP contribution in [0, 0.1) is 17.2 Å². The third kappa shape index (κ3) is 3.65. The monoisotopic (exact) mass is 218 g/mol. The molecule has 0 heterocycles. The van der Waals surface area contributed by atoms with E-state index in [1.165, 1.54) is 0 Å². The zero-order chi connectivity index (χ0) is 12.0. The van der Waals surface area contributed by atoms with E-state index in [0.717, 1.165) is 5.56 Å². The summed E-state index contributed by atoms with van der Waals surface area (Å²) < 4.78 is 0. The number of rotatable bonds is 5. The highest BCUT2D eigenvalue weighted by molar-refractivity contribution is 5.32. The summed E-state index contributed by atoms with van der Waals surface area (Å²) in [6, 6.07) is 9.72. The first-order valence-corrected chi connectivity index (χ1v) is 5.50. The minimum Gasteiger partial charge on any atom is -0.395 e. The number of nitrogens with zero attached hydrogens (tertiary/aromatic N) is 1. The van der Waals surface area contributed by atoms with Crippen LogP contribution in [0.5, 0.6) is 0 Å². The molecule has 1 aromatic rings. The largest absolute Gasteiger partial charge is 0.395 e. The lowest BCUT2D eigenvalue weighted by atomic mass is 10.0. The SMILES string of the molecule is CC(C)C(CO)NCc1cccc(C#N)c1. The topological polar surface area (TPSA) is 56.0 Å². The maximum Gasteiger partial charge on any atom is 0.0991 e. The van der Waals surface area contributed by atoms with Crippen molar-refractivity contribution in [2.75, 3.05) is 6.61 Å². The molecule has 0 aromatic heterocycles. The Balaban J connectivity index is 2.57. The van der Waals surface area contributed by atoms with E-state index in [4.69, 9.17) is 10.4 Å². The number of hydrogen-bond acceptors (Lipinski definition) is 3. The van der Waals surface area contributed by atoms with Gasteiger partial charge in [-0.05, 0) is 23.6 Å². The van der Waals surface area contributed by atoms with Gasteiger partial charge in [-0.2, -0.15) is 5.26 Å². The summed E-state index contributed by atoms with van der Waals surface area (Å²) in [6.07, 6.45) is 0. The van der Waals surface area contributed by atoms with Gasteiger partial charge in [0.25, 0.3) is 0 Å². The molecule has 0 saturated carbocycles. The van der Waals surface area contributed by atoms with Gasteiger partial charge < -0.3 is 10.4 Å². The summed E-state index contributed by atoms with van der Waals surface area (Å²) in [5.41, 5.74) is 1.74. The summed E-state index contributed by atoms with van der Waals surface area (Å²) in [7, 11) is 0. The molecule has 1 aromatic carbocycles. The minimum atomic E-state index is 0.103. The molecule has 0 fully saturated rings. The van der Waals surface area contributed by atoms with Gasteiger partial charge in [-0.15, -0.1) is 0 Å². The molecule has 0 spiro atoms. The molecule has 1 rings (SSSR count). The van der Waals surface area contributed by atoms with Crippen molar-refractivity contribution in [3.63, 3.8) is 0 Å². The molecular weight excluding hydrogens is 200 g/mol. The Morgan fingerprint density at radius 1 is 1.44 bits per heavy atom. The van der Waals surface area contributed by atoms with Crippen molar-refractivity contribution in [1.82, 2.24) is 5.32 Å². The first kappa shape index (κ1) is 12.7. The van der Waals surface area contributed by atoms with E-state index in [0.29, 0.717) is 18.0 Å². The van der Waals surface area contributed by atoms with Gasteiger partial charge in [0.05, 0.1) is 18.2 Å². The molecule has 0 aliphatic rings. The molecule has 1 atom stereocenters. The van der Waals surface area contributed by atoms with Crippen molar-refractivity contribution in [3.05, 3.63) is 35.4 Å². The van der Waals surface area contributed by atoms with Gasteiger partial charge in [-0.3, -0.25) is 0 Å². The number of benzene rings is 1. The average molecular weight is 218 g/mol. The Bertz CT molecular complexity index is 368. The smallest absolute Gasteiger partial charge is 0.0991 e. The first-order chi connectivity index (χ1) is 7.67. The molecule has 0 saturated heterocycles. The van der Waals surface area contributed by atoms with Crippen LogP contribution < -0.4 is 5.32 Å². The van der Waals surface area contributed by atoms with Crippen LogP contribution in [0.15, 0.2) is 24.3 Å². The fourth-order valence-corrected chi connectivity index (χ4v) is 1.51. The molecular formula is C13H18N2O. The maximum atomic E-state index is 9.16. The quantitative estimate of drug-likeness (QED) is 0.790. The highest BCUT2D eigenvalue weighted by Crippen LogP contribution is 2.06. The summed E-state index contributed by atoms with van der Waals surface area (Å²) in [6.45, 7) is 4.95. The average Bonchev–Trinajstić information content (AvgIpc) is 2.29. The van der Waals surface area contributed by atoms with Crippen molar-refractivity contribution in [1.29, 1.82) is 5.26 Å². The van der Waals surface area contributed by atoms with Gasteiger partial charge in [0, 0.05) is 12.6 Å². The molecule has 0 aliphatic heterocycles. The van der Waals surface area contributed by atoms with Crippen molar-refractivity contribution in [2.45, 2.75) is 26.4 Å². The number of hydrogen-bond donors (Lipinski definition) is 2. The van der Waals surface area contributed by atoms with Crippen LogP contribution in [0.2, 0.25) is 0 Å². The van der Waals surface area contributed by atoms with Gasteiger partial charge in [0.1, 0.15) is 0 Å². The van der Waals surface area contributed by atoms with Crippen LogP contribution in [0.25, 0.3) is 0 Å². The van der Waals surface area contributed by atoms with Crippen LogP contribution in [-0.2, 0) is 6.54 Å². The van der Waals surface area contributed by atoms with E-state index in [-0.39, 0.29) is 12.6 Å². The van der Waals surface area contributed by atoms with E-state index in [1.54, 1.807) is 6.07 Å². The first-order valence-electron chi connectivity index (χ1n) is 5.50. The fraction of sp³-hybridized carbons (Fsp3) is 0.462. The van der Waals surface area contributed by atoms with Crippen LogP contribution in [0.3, 0.4) is 0 Å². The Kier molecular flexibility index (Phi) is 4.97. The third-order valence-corrected chi connectivity index (χ3v) is 2.63. The van der Waals surface area contributed by atoms with Crippen LogP contribution in [-0.4, -0.2) is 17.8 Å². The summed E-state index contributed by atoms with van der Waals surface area (Å²) >= 11 is 0. The zero-order valence-corrected chi connectivity index (χ0v) is 9.77. The van der Waals surface area contributed by atoms with Crippen LogP contribution in [0.4, 0.5) is 0 Å². The molecule has 0 amide bonds. The number of nitrogens with one attached hydrogen (secondary N) is 1. The van der Waals surface area contributed by atoms with Crippen LogP contribution >= 0.6 is 0 Å². The molecule has 0 radical (unpaired) electrons. The molecule has 3 nitrogen and oxygen atoms in total. The Hall–Kier alpha value is -1.37. The molecule has 0 bridgehead atoms. The van der Waals surface area contributed by atoms with E-state index in [2.05, 4.69) is 25.2 Å². The molecule has 0 aliphatic carbocycles. The zero-order valence-electron chi connectivity index (χ0n) is 9.77. The highest BCUT2D eigenvalue weighted by atomic mass is 16.3. The predicted octanol–water partition coefficient (Wildman–Crippen LogP) is 1.66. The Morgan fingerprint density at radius 3 is 2.75 bits per heavy atom. The van der Waals surface area contributed by atoms with Gasteiger partial charge in [-0.1, -0.05) is 26.0 Å². The predicted molar refractivity (Wildman–Crippen MR) is 63.7 cm³/mol. The summed E-state index contributed by atoms with van der Waals surface area (Å²) in [5.74, 6) is 0.393. The second-order valence-corrected chi connectivity index (χ2v) is 4.23. The molecule has 1 unspecified atom stereocenters. The maximum absolute atomic E-state index is 9.16. The standard InChI is InChI=1S/C13H18N2O/c1-10(2)13(9-16)15-8-12-5-3-4-11(6-12)7-14/h3-6,10,13,15-16H,8-9H2,1-2H3. The van der Waals surface area contributed by atoms with Crippen molar-refractivity contribution >= 4 is 0 Å². The second kappa shape index (κ2) is 6.26. The summed E-state index contributed by atoms with van der Waals surface area (Å²) in [4.78, 5) is 0. The number of aliphatic hydroxyl groups is 1. The summed E-state index contributed by atoms with van der Waals surface area (Å²) in [5, 5.41) is 21.2. The van der Waals surface area contributed by atoms with Crippen molar-refractivity contribution < 1.29 is 5.11 Å². The second-order valence-electron chi connectivity index (χ2n) is 4.23. The number of nitriles is 1. The molecule has 2 N–H and O–H groups in total. The van der Waals surface area contributed by atoms with E-state index in [9.17, 15) is 0 Å². The number of aliphatic hydroxyl groups excluding tert-OH is 1. The van der Waals surface area contributed by atoms with E-state index < -0.39 is 0 Å². The van der Waals surface area contributed by atoms with Gasteiger partial charge in [0.15, 0.2) is 0 Å². The molecule has 16 heavy (non-hydrogen) atoms. The Morgan fingerprint density at radius 2 is 2.19 bits per heavy atom. The highest BCUT2D eigenvalue weighted by Gasteiger charge is 2.10. The fourth-order valence-electron chi connectivity index (χ4n) is 1.51. The van der Waals surface area contributed by atoms with Crippen LogP contribution in [0.1, 0.15) is 25.0 Å².